The van der Waals surface area contributed by atoms with Gasteiger partial charge in [0.25, 0.3) is 0 Å². The molecule has 0 amide bonds. The molecule has 0 aromatic carbocycles. The van der Waals surface area contributed by atoms with Crippen LogP contribution in [0.1, 0.15) is 290 Å². The molecule has 0 aliphatic heterocycles. The Morgan fingerprint density at radius 3 is 0.853 bits per heavy atom. The predicted molar refractivity (Wildman–Crippen MR) is 325 cm³/mol. The SMILES string of the molecule is CC/C=C\C/C=C\C/C=C\C/C=C\CCCCC(=O)OCC(COC(=O)CCCCCCCCCCCCCCCCC/C=C\CCCCCCCCCC)OC(=O)CCCC/C=C\C/C=C\C/C=C\C/C=C\CC. The third-order valence-corrected chi connectivity index (χ3v) is 13.2. The van der Waals surface area contributed by atoms with Crippen molar-refractivity contribution in [1.29, 1.82) is 0 Å². The first kappa shape index (κ1) is 71.1. The molecule has 0 aromatic heterocycles. The zero-order chi connectivity index (χ0) is 54.3. The van der Waals surface area contributed by atoms with Gasteiger partial charge in [0.2, 0.25) is 0 Å². The highest BCUT2D eigenvalue weighted by molar-refractivity contribution is 5.71. The zero-order valence-electron chi connectivity index (χ0n) is 49.0. The van der Waals surface area contributed by atoms with Crippen LogP contribution in [-0.2, 0) is 28.6 Å². The minimum atomic E-state index is -0.819. The summed E-state index contributed by atoms with van der Waals surface area (Å²) in [5.41, 5.74) is 0. The van der Waals surface area contributed by atoms with E-state index in [1.54, 1.807) is 0 Å². The maximum atomic E-state index is 12.9. The van der Waals surface area contributed by atoms with Crippen molar-refractivity contribution in [2.24, 2.45) is 0 Å². The Morgan fingerprint density at radius 2 is 0.520 bits per heavy atom. The van der Waals surface area contributed by atoms with Crippen LogP contribution in [-0.4, -0.2) is 37.2 Å². The van der Waals surface area contributed by atoms with Gasteiger partial charge in [0.15, 0.2) is 6.10 Å². The van der Waals surface area contributed by atoms with Crippen LogP contribution in [0.5, 0.6) is 0 Å². The van der Waals surface area contributed by atoms with Gasteiger partial charge >= 0.3 is 17.9 Å². The van der Waals surface area contributed by atoms with E-state index < -0.39 is 6.10 Å². The first-order chi connectivity index (χ1) is 37.0. The fourth-order valence-electron chi connectivity index (χ4n) is 8.60. The summed E-state index contributed by atoms with van der Waals surface area (Å²) >= 11 is 0. The molecule has 0 bridgehead atoms. The van der Waals surface area contributed by atoms with E-state index in [1.165, 1.54) is 141 Å². The summed E-state index contributed by atoms with van der Waals surface area (Å²) in [5, 5.41) is 0. The van der Waals surface area contributed by atoms with E-state index >= 15 is 0 Å². The second kappa shape index (κ2) is 62.6. The molecule has 1 atom stereocenters. The Hall–Kier alpha value is -3.93. The monoisotopic (exact) mass is 1040 g/mol. The van der Waals surface area contributed by atoms with Crippen LogP contribution in [0.4, 0.5) is 0 Å². The highest BCUT2D eigenvalue weighted by atomic mass is 16.6. The van der Waals surface area contributed by atoms with Gasteiger partial charge in [-0.2, -0.15) is 0 Å². The van der Waals surface area contributed by atoms with Gasteiger partial charge in [0, 0.05) is 19.3 Å². The van der Waals surface area contributed by atoms with E-state index in [2.05, 4.69) is 130 Å². The number of esters is 3. The van der Waals surface area contributed by atoms with E-state index in [0.717, 1.165) is 96.3 Å². The van der Waals surface area contributed by atoms with Crippen molar-refractivity contribution >= 4 is 17.9 Å². The van der Waals surface area contributed by atoms with Crippen molar-refractivity contribution in [1.82, 2.24) is 0 Å². The van der Waals surface area contributed by atoms with Crippen molar-refractivity contribution in [3.05, 3.63) is 109 Å². The van der Waals surface area contributed by atoms with Crippen molar-refractivity contribution in [2.75, 3.05) is 13.2 Å². The topological polar surface area (TPSA) is 78.9 Å². The Morgan fingerprint density at radius 1 is 0.280 bits per heavy atom. The minimum Gasteiger partial charge on any atom is -0.462 e. The number of allylic oxidation sites excluding steroid dienone is 18. The van der Waals surface area contributed by atoms with Crippen LogP contribution in [0, 0.1) is 0 Å². The van der Waals surface area contributed by atoms with Gasteiger partial charge in [-0.15, -0.1) is 0 Å². The number of hydrogen-bond donors (Lipinski definition) is 0. The molecule has 0 aromatic rings. The molecular formula is C69H116O6. The summed E-state index contributed by atoms with van der Waals surface area (Å²) in [6.45, 7) is 6.36. The molecule has 75 heavy (non-hydrogen) atoms. The minimum absolute atomic E-state index is 0.108. The van der Waals surface area contributed by atoms with Crippen LogP contribution >= 0.6 is 0 Å². The smallest absolute Gasteiger partial charge is 0.306 e. The summed E-state index contributed by atoms with van der Waals surface area (Å²) < 4.78 is 16.8. The average Bonchev–Trinajstić information content (AvgIpc) is 3.41. The second-order valence-corrected chi connectivity index (χ2v) is 20.5. The number of carbonyl (C=O) groups is 3. The number of unbranched alkanes of at least 4 members (excludes halogenated alkanes) is 27. The molecule has 0 fully saturated rings. The van der Waals surface area contributed by atoms with E-state index in [9.17, 15) is 14.4 Å². The quantitative estimate of drug-likeness (QED) is 0.0261. The summed E-state index contributed by atoms with van der Waals surface area (Å²) in [4.78, 5) is 38.2. The molecule has 0 N–H and O–H groups in total. The molecule has 6 nitrogen and oxygen atoms in total. The van der Waals surface area contributed by atoms with E-state index in [-0.39, 0.29) is 37.5 Å². The maximum Gasteiger partial charge on any atom is 0.306 e. The summed E-state index contributed by atoms with van der Waals surface area (Å²) in [5.74, 6) is -0.989. The normalized spacial score (nSPS) is 12.8. The molecule has 0 saturated heterocycles. The molecule has 1 unspecified atom stereocenters. The molecule has 0 heterocycles. The zero-order valence-corrected chi connectivity index (χ0v) is 49.0. The van der Waals surface area contributed by atoms with Gasteiger partial charge < -0.3 is 14.2 Å². The first-order valence-electron chi connectivity index (χ1n) is 31.4. The molecule has 6 heteroatoms. The molecule has 428 valence electrons. The largest absolute Gasteiger partial charge is 0.462 e. The van der Waals surface area contributed by atoms with Crippen molar-refractivity contribution in [3.8, 4) is 0 Å². The Labute approximate surface area is 463 Å². The average molecular weight is 1040 g/mol. The number of rotatable bonds is 56. The molecule has 0 rings (SSSR count). The van der Waals surface area contributed by atoms with Crippen molar-refractivity contribution in [3.63, 3.8) is 0 Å². The van der Waals surface area contributed by atoms with Gasteiger partial charge in [-0.05, 0) is 122 Å². The Kier molecular flexibility index (Phi) is 59.3. The maximum absolute atomic E-state index is 12.9. The lowest BCUT2D eigenvalue weighted by molar-refractivity contribution is -0.167. The molecule has 0 aliphatic rings. The lowest BCUT2D eigenvalue weighted by atomic mass is 10.0. The lowest BCUT2D eigenvalue weighted by Crippen LogP contribution is -2.30. The van der Waals surface area contributed by atoms with Crippen LogP contribution in [0.2, 0.25) is 0 Å². The second-order valence-electron chi connectivity index (χ2n) is 20.5. The number of carbonyl (C=O) groups excluding carboxylic acids is 3. The summed E-state index contributed by atoms with van der Waals surface area (Å²) in [6, 6.07) is 0. The predicted octanol–water partition coefficient (Wildman–Crippen LogP) is 21.4. The molecule has 0 saturated carbocycles. The van der Waals surface area contributed by atoms with Crippen molar-refractivity contribution < 1.29 is 28.6 Å². The molecule has 0 aliphatic carbocycles. The highest BCUT2D eigenvalue weighted by Gasteiger charge is 2.19. The van der Waals surface area contributed by atoms with Gasteiger partial charge in [-0.3, -0.25) is 14.4 Å². The van der Waals surface area contributed by atoms with Gasteiger partial charge in [0.05, 0.1) is 0 Å². The third kappa shape index (κ3) is 60.8. The highest BCUT2D eigenvalue weighted by Crippen LogP contribution is 2.16. The van der Waals surface area contributed by atoms with Crippen LogP contribution in [0.25, 0.3) is 0 Å². The molecule has 0 spiro atoms. The van der Waals surface area contributed by atoms with Gasteiger partial charge in [-0.25, -0.2) is 0 Å². The summed E-state index contributed by atoms with van der Waals surface area (Å²) in [6.07, 6.45) is 85.4. The lowest BCUT2D eigenvalue weighted by Gasteiger charge is -2.18. The standard InChI is InChI=1S/C69H116O6/c1-4-7-10-13-16-19-22-25-28-29-30-31-32-33-34-35-36-37-38-39-42-44-47-50-53-56-59-62-68(71)74-65-66(75-69(72)63-60-57-54-51-48-45-41-27-24-21-18-15-12-9-6-3)64-73-67(70)61-58-55-52-49-46-43-40-26-23-20-17-14-11-8-5-2/h8-9,11-12,17-18,20-21,26-27,29-30,40-41,46,48-49,51,66H,4-7,10,13-16,19,22-25,28,31-39,42-45,47,50,52-65H2,1-3H3/b11-8-,12-9-,20-17-,21-18-,30-29-,40-26-,41-27-,49-46-,51-48-. The Balaban J connectivity index is 4.33. The third-order valence-electron chi connectivity index (χ3n) is 13.2. The number of ether oxygens (including phenoxy) is 3. The van der Waals surface area contributed by atoms with E-state index in [0.29, 0.717) is 25.7 Å². The van der Waals surface area contributed by atoms with E-state index in [4.69, 9.17) is 14.2 Å². The van der Waals surface area contributed by atoms with Crippen molar-refractivity contribution in [2.45, 2.75) is 297 Å². The molecule has 0 radical (unpaired) electrons. The Bertz CT molecular complexity index is 1520. The fourth-order valence-corrected chi connectivity index (χ4v) is 8.60. The van der Waals surface area contributed by atoms with Gasteiger partial charge in [-0.1, -0.05) is 259 Å². The fraction of sp³-hybridized carbons (Fsp3) is 0.696. The summed E-state index contributed by atoms with van der Waals surface area (Å²) in [7, 11) is 0. The molecular weight excluding hydrogens is 925 g/mol. The first-order valence-corrected chi connectivity index (χ1v) is 31.4. The van der Waals surface area contributed by atoms with Crippen LogP contribution in [0.3, 0.4) is 0 Å². The number of hydrogen-bond acceptors (Lipinski definition) is 6. The van der Waals surface area contributed by atoms with Crippen LogP contribution in [0.15, 0.2) is 109 Å². The van der Waals surface area contributed by atoms with E-state index in [1.807, 2.05) is 0 Å². The van der Waals surface area contributed by atoms with Gasteiger partial charge in [0.1, 0.15) is 13.2 Å². The van der Waals surface area contributed by atoms with Crippen LogP contribution < -0.4 is 0 Å².